The molecule has 0 radical (unpaired) electrons. The molecular formula is C17H21N3O2. The van der Waals surface area contributed by atoms with Gasteiger partial charge in [0.2, 0.25) is 5.91 Å². The summed E-state index contributed by atoms with van der Waals surface area (Å²) in [6, 6.07) is 7.87. The second-order valence-electron chi connectivity index (χ2n) is 5.72. The van der Waals surface area contributed by atoms with Crippen LogP contribution in [0.2, 0.25) is 0 Å². The van der Waals surface area contributed by atoms with Crippen molar-refractivity contribution in [3.05, 3.63) is 36.0 Å². The monoisotopic (exact) mass is 299 g/mol. The van der Waals surface area contributed by atoms with E-state index in [9.17, 15) is 9.59 Å². The molecule has 5 heteroatoms. The zero-order valence-corrected chi connectivity index (χ0v) is 12.8. The van der Waals surface area contributed by atoms with Gasteiger partial charge in [-0.1, -0.05) is 0 Å². The molecule has 1 fully saturated rings. The number of carbonyl (C=O) groups is 2. The Morgan fingerprint density at radius 3 is 3.05 bits per heavy atom. The lowest BCUT2D eigenvalue weighted by Crippen LogP contribution is -2.35. The Morgan fingerprint density at radius 1 is 1.36 bits per heavy atom. The fraction of sp³-hybridized carbons (Fsp3) is 0.412. The Hall–Kier alpha value is -2.30. The van der Waals surface area contributed by atoms with Gasteiger partial charge in [-0.2, -0.15) is 0 Å². The number of nitrogens with one attached hydrogen (secondary N) is 2. The van der Waals surface area contributed by atoms with Gasteiger partial charge in [-0.15, -0.1) is 0 Å². The summed E-state index contributed by atoms with van der Waals surface area (Å²) >= 11 is 0. The number of benzene rings is 1. The minimum absolute atomic E-state index is 0.0578. The van der Waals surface area contributed by atoms with Crippen molar-refractivity contribution in [1.82, 2.24) is 15.2 Å². The highest BCUT2D eigenvalue weighted by molar-refractivity contribution is 5.98. The van der Waals surface area contributed by atoms with Gasteiger partial charge in [-0.05, 0) is 44.0 Å². The van der Waals surface area contributed by atoms with Crippen LogP contribution in [0.5, 0.6) is 0 Å². The van der Waals surface area contributed by atoms with E-state index in [1.165, 1.54) is 0 Å². The normalized spacial score (nSPS) is 18.8. The molecule has 22 heavy (non-hydrogen) atoms. The summed E-state index contributed by atoms with van der Waals surface area (Å²) in [7, 11) is 0. The standard InChI is InChI=1S/C17H21N3O2/c1-2-20-10-8-12-11-13(3-5-15(12)20)17(22)19-14-4-6-16(21)18-9-7-14/h3,5,8,10-11,14H,2,4,6-7,9H2,1H3,(H,18,21)(H,19,22). The molecule has 2 aromatic rings. The number of hydrogen-bond acceptors (Lipinski definition) is 2. The summed E-state index contributed by atoms with van der Waals surface area (Å²) in [6.07, 6.45) is 4.00. The molecule has 5 nitrogen and oxygen atoms in total. The van der Waals surface area contributed by atoms with Gasteiger partial charge in [0.1, 0.15) is 0 Å². The number of aryl methyl sites for hydroxylation is 1. The van der Waals surface area contributed by atoms with E-state index in [2.05, 4.69) is 22.1 Å². The van der Waals surface area contributed by atoms with Crippen molar-refractivity contribution in [1.29, 1.82) is 0 Å². The molecule has 0 bridgehead atoms. The van der Waals surface area contributed by atoms with Crippen molar-refractivity contribution in [2.75, 3.05) is 6.54 Å². The molecule has 0 spiro atoms. The quantitative estimate of drug-likeness (QED) is 0.911. The first-order valence-corrected chi connectivity index (χ1v) is 7.84. The van der Waals surface area contributed by atoms with Gasteiger partial charge >= 0.3 is 0 Å². The highest BCUT2D eigenvalue weighted by Crippen LogP contribution is 2.18. The fourth-order valence-electron chi connectivity index (χ4n) is 2.95. The van der Waals surface area contributed by atoms with Crippen LogP contribution in [0.25, 0.3) is 10.9 Å². The molecule has 0 aliphatic carbocycles. The molecule has 1 atom stereocenters. The Morgan fingerprint density at radius 2 is 2.23 bits per heavy atom. The van der Waals surface area contributed by atoms with E-state index in [1.54, 1.807) is 0 Å². The van der Waals surface area contributed by atoms with Gasteiger partial charge in [0.05, 0.1) is 0 Å². The van der Waals surface area contributed by atoms with Gasteiger partial charge in [-0.25, -0.2) is 0 Å². The van der Waals surface area contributed by atoms with Crippen molar-refractivity contribution < 1.29 is 9.59 Å². The molecular weight excluding hydrogens is 278 g/mol. The highest BCUT2D eigenvalue weighted by atomic mass is 16.2. The van der Waals surface area contributed by atoms with Crippen molar-refractivity contribution in [3.8, 4) is 0 Å². The van der Waals surface area contributed by atoms with Crippen LogP contribution in [-0.4, -0.2) is 29.0 Å². The molecule has 2 amide bonds. The van der Waals surface area contributed by atoms with Crippen LogP contribution in [0.1, 0.15) is 36.5 Å². The number of amides is 2. The van der Waals surface area contributed by atoms with Crippen molar-refractivity contribution in [2.45, 2.75) is 38.8 Å². The molecule has 1 saturated heterocycles. The molecule has 2 N–H and O–H groups in total. The lowest BCUT2D eigenvalue weighted by molar-refractivity contribution is -0.120. The summed E-state index contributed by atoms with van der Waals surface area (Å²) in [5.41, 5.74) is 1.81. The lowest BCUT2D eigenvalue weighted by Gasteiger charge is -2.15. The number of hydrogen-bond donors (Lipinski definition) is 2. The van der Waals surface area contributed by atoms with Gasteiger partial charge in [0.15, 0.2) is 0 Å². The molecule has 116 valence electrons. The van der Waals surface area contributed by atoms with Crippen LogP contribution >= 0.6 is 0 Å². The molecule has 1 aliphatic rings. The van der Waals surface area contributed by atoms with Crippen LogP contribution in [0.3, 0.4) is 0 Å². The number of fused-ring (bicyclic) bond motifs is 1. The second-order valence-corrected chi connectivity index (χ2v) is 5.72. The zero-order valence-electron chi connectivity index (χ0n) is 12.8. The first-order valence-electron chi connectivity index (χ1n) is 7.84. The van der Waals surface area contributed by atoms with Crippen LogP contribution in [0.4, 0.5) is 0 Å². The van der Waals surface area contributed by atoms with E-state index in [1.807, 2.05) is 30.5 Å². The maximum atomic E-state index is 12.4. The van der Waals surface area contributed by atoms with Crippen molar-refractivity contribution in [2.24, 2.45) is 0 Å². The first-order chi connectivity index (χ1) is 10.7. The van der Waals surface area contributed by atoms with Crippen LogP contribution < -0.4 is 10.6 Å². The second kappa shape index (κ2) is 6.22. The van der Waals surface area contributed by atoms with E-state index >= 15 is 0 Å². The maximum Gasteiger partial charge on any atom is 0.251 e. The Kier molecular flexibility index (Phi) is 4.13. The van der Waals surface area contributed by atoms with Crippen LogP contribution in [0.15, 0.2) is 30.5 Å². The number of carbonyl (C=O) groups excluding carboxylic acids is 2. The van der Waals surface area contributed by atoms with Crippen LogP contribution in [0, 0.1) is 0 Å². The van der Waals surface area contributed by atoms with E-state index < -0.39 is 0 Å². The molecule has 1 aliphatic heterocycles. The molecule has 1 unspecified atom stereocenters. The smallest absolute Gasteiger partial charge is 0.251 e. The highest BCUT2D eigenvalue weighted by Gasteiger charge is 2.18. The summed E-state index contributed by atoms with van der Waals surface area (Å²) in [4.78, 5) is 23.7. The van der Waals surface area contributed by atoms with Crippen molar-refractivity contribution >= 4 is 22.7 Å². The van der Waals surface area contributed by atoms with Gasteiger partial charge in [0, 0.05) is 48.2 Å². The largest absolute Gasteiger partial charge is 0.356 e. The summed E-state index contributed by atoms with van der Waals surface area (Å²) in [5.74, 6) is 0.00423. The predicted molar refractivity (Wildman–Crippen MR) is 85.7 cm³/mol. The third-order valence-corrected chi connectivity index (χ3v) is 4.24. The molecule has 1 aromatic carbocycles. The SMILES string of the molecule is CCn1ccc2cc(C(=O)NC3CCNC(=O)CC3)ccc21. The Labute approximate surface area is 129 Å². The molecule has 0 saturated carbocycles. The average molecular weight is 299 g/mol. The zero-order chi connectivity index (χ0) is 15.5. The molecule has 2 heterocycles. The lowest BCUT2D eigenvalue weighted by atomic mass is 10.1. The number of nitrogens with zero attached hydrogens (tertiary/aromatic N) is 1. The predicted octanol–water partition coefficient (Wildman–Crippen LogP) is 2.06. The summed E-state index contributed by atoms with van der Waals surface area (Å²) in [6.45, 7) is 3.64. The summed E-state index contributed by atoms with van der Waals surface area (Å²) in [5, 5.41) is 6.95. The number of aromatic nitrogens is 1. The van der Waals surface area contributed by atoms with E-state index in [0.29, 0.717) is 24.9 Å². The van der Waals surface area contributed by atoms with Crippen molar-refractivity contribution in [3.63, 3.8) is 0 Å². The average Bonchev–Trinajstić information content (AvgIpc) is 2.83. The van der Waals surface area contributed by atoms with Gasteiger partial charge in [-0.3, -0.25) is 9.59 Å². The topological polar surface area (TPSA) is 63.1 Å². The molecule has 3 rings (SSSR count). The van der Waals surface area contributed by atoms with E-state index in [-0.39, 0.29) is 17.9 Å². The number of rotatable bonds is 3. The van der Waals surface area contributed by atoms with Gasteiger partial charge < -0.3 is 15.2 Å². The van der Waals surface area contributed by atoms with Gasteiger partial charge in [0.25, 0.3) is 5.91 Å². The third kappa shape index (κ3) is 2.98. The Balaban J connectivity index is 1.73. The third-order valence-electron chi connectivity index (χ3n) is 4.24. The Bertz CT molecular complexity index is 705. The van der Waals surface area contributed by atoms with E-state index in [0.717, 1.165) is 23.9 Å². The first kappa shape index (κ1) is 14.6. The summed E-state index contributed by atoms with van der Waals surface area (Å²) < 4.78 is 2.15. The fourth-order valence-corrected chi connectivity index (χ4v) is 2.95. The minimum Gasteiger partial charge on any atom is -0.356 e. The molecule has 1 aromatic heterocycles. The van der Waals surface area contributed by atoms with Crippen LogP contribution in [-0.2, 0) is 11.3 Å². The maximum absolute atomic E-state index is 12.4. The minimum atomic E-state index is -0.0644. The van der Waals surface area contributed by atoms with E-state index in [4.69, 9.17) is 0 Å².